The summed E-state index contributed by atoms with van der Waals surface area (Å²) in [5.74, 6) is 0.762. The molecule has 0 radical (unpaired) electrons. The predicted molar refractivity (Wildman–Crippen MR) is 62.1 cm³/mol. The lowest BCUT2D eigenvalue weighted by Crippen LogP contribution is -2.01. The van der Waals surface area contributed by atoms with Gasteiger partial charge in [-0.3, -0.25) is 0 Å². The summed E-state index contributed by atoms with van der Waals surface area (Å²) in [5.41, 5.74) is 1.97. The average molecular weight is 206 g/mol. The number of hydrogen-bond acceptors (Lipinski definition) is 2. The van der Waals surface area contributed by atoms with Crippen LogP contribution in [0.1, 0.15) is 30.6 Å². The van der Waals surface area contributed by atoms with E-state index in [-0.39, 0.29) is 0 Å². The Labute approximate surface area is 91.2 Å². The van der Waals surface area contributed by atoms with E-state index in [1.54, 1.807) is 6.92 Å². The van der Waals surface area contributed by atoms with Gasteiger partial charge in [0.1, 0.15) is 5.75 Å². The normalized spacial score (nSPS) is 12.2. The maximum absolute atomic E-state index is 9.59. The highest BCUT2D eigenvalue weighted by Gasteiger charge is 2.08. The van der Waals surface area contributed by atoms with Crippen LogP contribution in [0.2, 0.25) is 0 Å². The molecule has 1 rings (SSSR count). The standard InChI is InChI=1S/C13H18O2/c1-4-5-8-15-13-7-6-10(2)9-12(13)11(3)14/h4,6-7,9,11,14H,1,5,8H2,2-3H3/t11-/m1/s1. The van der Waals surface area contributed by atoms with E-state index in [4.69, 9.17) is 4.74 Å². The first-order chi connectivity index (χ1) is 7.15. The van der Waals surface area contributed by atoms with Crippen LogP contribution in [0.25, 0.3) is 0 Å². The molecule has 0 saturated carbocycles. The van der Waals surface area contributed by atoms with Crippen LogP contribution in [0.15, 0.2) is 30.9 Å². The van der Waals surface area contributed by atoms with Crippen molar-refractivity contribution in [2.24, 2.45) is 0 Å². The summed E-state index contributed by atoms with van der Waals surface area (Å²) >= 11 is 0. The van der Waals surface area contributed by atoms with Crippen molar-refractivity contribution in [2.45, 2.75) is 26.4 Å². The topological polar surface area (TPSA) is 29.5 Å². The van der Waals surface area contributed by atoms with Gasteiger partial charge in [-0.25, -0.2) is 0 Å². The van der Waals surface area contributed by atoms with Gasteiger partial charge < -0.3 is 9.84 Å². The van der Waals surface area contributed by atoms with Gasteiger partial charge in [-0.15, -0.1) is 6.58 Å². The van der Waals surface area contributed by atoms with Crippen molar-refractivity contribution in [2.75, 3.05) is 6.61 Å². The third-order valence-corrected chi connectivity index (χ3v) is 2.19. The van der Waals surface area contributed by atoms with Gasteiger partial charge in [0, 0.05) is 5.56 Å². The minimum Gasteiger partial charge on any atom is -0.493 e. The van der Waals surface area contributed by atoms with Crippen LogP contribution in [0.4, 0.5) is 0 Å². The number of aryl methyl sites for hydroxylation is 1. The molecule has 0 bridgehead atoms. The highest BCUT2D eigenvalue weighted by molar-refractivity contribution is 5.38. The second-order valence-electron chi connectivity index (χ2n) is 3.64. The molecule has 1 aromatic rings. The molecule has 0 aliphatic carbocycles. The van der Waals surface area contributed by atoms with E-state index < -0.39 is 6.10 Å². The first-order valence-corrected chi connectivity index (χ1v) is 5.17. The van der Waals surface area contributed by atoms with E-state index in [0.29, 0.717) is 6.61 Å². The summed E-state index contributed by atoms with van der Waals surface area (Å²) in [4.78, 5) is 0. The highest BCUT2D eigenvalue weighted by atomic mass is 16.5. The van der Waals surface area contributed by atoms with Crippen LogP contribution in [0.5, 0.6) is 5.75 Å². The molecule has 2 nitrogen and oxygen atoms in total. The van der Waals surface area contributed by atoms with Crippen LogP contribution >= 0.6 is 0 Å². The molecular weight excluding hydrogens is 188 g/mol. The Kier molecular flexibility index (Phi) is 4.37. The smallest absolute Gasteiger partial charge is 0.125 e. The lowest BCUT2D eigenvalue weighted by molar-refractivity contribution is 0.191. The molecule has 0 unspecified atom stereocenters. The lowest BCUT2D eigenvalue weighted by Gasteiger charge is -2.13. The van der Waals surface area contributed by atoms with E-state index in [1.165, 1.54) is 0 Å². The number of ether oxygens (including phenoxy) is 1. The molecule has 0 aliphatic rings. The van der Waals surface area contributed by atoms with E-state index in [0.717, 1.165) is 23.3 Å². The molecule has 0 heterocycles. The Hall–Kier alpha value is -1.28. The highest BCUT2D eigenvalue weighted by Crippen LogP contribution is 2.26. The van der Waals surface area contributed by atoms with Crippen molar-refractivity contribution in [1.29, 1.82) is 0 Å². The molecule has 82 valence electrons. The van der Waals surface area contributed by atoms with Crippen molar-refractivity contribution < 1.29 is 9.84 Å². The Bertz CT molecular complexity index is 329. The fraction of sp³-hybridized carbons (Fsp3) is 0.385. The summed E-state index contributed by atoms with van der Waals surface area (Å²) in [6.45, 7) is 7.98. The quantitative estimate of drug-likeness (QED) is 0.592. The summed E-state index contributed by atoms with van der Waals surface area (Å²) in [6.07, 6.45) is 2.13. The number of hydrogen-bond donors (Lipinski definition) is 1. The van der Waals surface area contributed by atoms with Crippen LogP contribution in [-0.2, 0) is 0 Å². The van der Waals surface area contributed by atoms with Crippen LogP contribution in [0, 0.1) is 6.92 Å². The van der Waals surface area contributed by atoms with Crippen LogP contribution in [-0.4, -0.2) is 11.7 Å². The van der Waals surface area contributed by atoms with E-state index in [2.05, 4.69) is 6.58 Å². The predicted octanol–water partition coefficient (Wildman–Crippen LogP) is 3.00. The zero-order chi connectivity index (χ0) is 11.3. The van der Waals surface area contributed by atoms with Gasteiger partial charge in [0.25, 0.3) is 0 Å². The molecule has 0 saturated heterocycles. The maximum Gasteiger partial charge on any atom is 0.125 e. The zero-order valence-electron chi connectivity index (χ0n) is 9.36. The average Bonchev–Trinajstić information content (AvgIpc) is 2.20. The van der Waals surface area contributed by atoms with Gasteiger partial charge in [0.15, 0.2) is 0 Å². The second-order valence-corrected chi connectivity index (χ2v) is 3.64. The molecule has 0 spiro atoms. The fourth-order valence-corrected chi connectivity index (χ4v) is 1.38. The van der Waals surface area contributed by atoms with E-state index in [9.17, 15) is 5.11 Å². The lowest BCUT2D eigenvalue weighted by atomic mass is 10.1. The molecule has 1 N–H and O–H groups in total. The first kappa shape index (κ1) is 11.8. The molecule has 1 atom stereocenters. The monoisotopic (exact) mass is 206 g/mol. The Morgan fingerprint density at radius 2 is 2.27 bits per heavy atom. The van der Waals surface area contributed by atoms with Crippen LogP contribution in [0.3, 0.4) is 0 Å². The van der Waals surface area contributed by atoms with Crippen LogP contribution < -0.4 is 4.74 Å². The minimum absolute atomic E-state index is 0.497. The Morgan fingerprint density at radius 3 is 2.87 bits per heavy atom. The second kappa shape index (κ2) is 5.56. The van der Waals surface area contributed by atoms with Crippen molar-refractivity contribution in [3.63, 3.8) is 0 Å². The molecule has 0 amide bonds. The molecule has 2 heteroatoms. The van der Waals surface area contributed by atoms with Gasteiger partial charge in [0.05, 0.1) is 12.7 Å². The van der Waals surface area contributed by atoms with Crippen molar-refractivity contribution in [1.82, 2.24) is 0 Å². The fourth-order valence-electron chi connectivity index (χ4n) is 1.38. The SMILES string of the molecule is C=CCCOc1ccc(C)cc1[C@@H](C)O. The molecule has 0 fully saturated rings. The molecule has 15 heavy (non-hydrogen) atoms. The summed E-state index contributed by atoms with van der Waals surface area (Å²) in [6, 6.07) is 5.84. The maximum atomic E-state index is 9.59. The largest absolute Gasteiger partial charge is 0.493 e. The molecule has 1 aromatic carbocycles. The van der Waals surface area contributed by atoms with Gasteiger partial charge in [-0.2, -0.15) is 0 Å². The Balaban J connectivity index is 2.81. The zero-order valence-corrected chi connectivity index (χ0v) is 9.36. The minimum atomic E-state index is -0.497. The molecule has 0 aromatic heterocycles. The number of rotatable bonds is 5. The Morgan fingerprint density at radius 1 is 1.53 bits per heavy atom. The van der Waals surface area contributed by atoms with Crippen molar-refractivity contribution in [3.8, 4) is 5.75 Å². The third kappa shape index (κ3) is 3.40. The summed E-state index contributed by atoms with van der Waals surface area (Å²) < 4.78 is 5.56. The summed E-state index contributed by atoms with van der Waals surface area (Å²) in [7, 11) is 0. The first-order valence-electron chi connectivity index (χ1n) is 5.17. The van der Waals surface area contributed by atoms with Gasteiger partial charge in [-0.05, 0) is 32.4 Å². The van der Waals surface area contributed by atoms with Gasteiger partial charge >= 0.3 is 0 Å². The van der Waals surface area contributed by atoms with E-state index >= 15 is 0 Å². The molecule has 0 aliphatic heterocycles. The number of aliphatic hydroxyl groups is 1. The van der Waals surface area contributed by atoms with E-state index in [1.807, 2.05) is 31.2 Å². The number of aliphatic hydroxyl groups excluding tert-OH is 1. The van der Waals surface area contributed by atoms with Crippen molar-refractivity contribution in [3.05, 3.63) is 42.0 Å². The molecular formula is C13H18O2. The number of benzene rings is 1. The summed E-state index contributed by atoms with van der Waals surface area (Å²) in [5, 5.41) is 9.59. The van der Waals surface area contributed by atoms with Crippen molar-refractivity contribution >= 4 is 0 Å². The van der Waals surface area contributed by atoms with Gasteiger partial charge in [0.2, 0.25) is 0 Å². The van der Waals surface area contributed by atoms with Gasteiger partial charge in [-0.1, -0.05) is 17.7 Å². The third-order valence-electron chi connectivity index (χ3n) is 2.19.